The lowest BCUT2D eigenvalue weighted by Gasteiger charge is -2.35. The lowest BCUT2D eigenvalue weighted by molar-refractivity contribution is 0.203. The van der Waals surface area contributed by atoms with Crippen molar-refractivity contribution >= 4 is 23.2 Å². The molecule has 1 unspecified atom stereocenters. The Labute approximate surface area is 215 Å². The number of amides is 2. The van der Waals surface area contributed by atoms with Gasteiger partial charge in [-0.3, -0.25) is 4.90 Å². The Morgan fingerprint density at radius 1 is 1.00 bits per heavy atom. The number of hydrogen-bond donors (Lipinski definition) is 1. The molecule has 1 aliphatic heterocycles. The van der Waals surface area contributed by atoms with Crippen molar-refractivity contribution in [1.82, 2.24) is 20.4 Å². The van der Waals surface area contributed by atoms with Gasteiger partial charge in [0, 0.05) is 16.3 Å². The molecule has 5 rings (SSSR count). The van der Waals surface area contributed by atoms with Gasteiger partial charge in [0.05, 0.1) is 18.2 Å². The van der Waals surface area contributed by atoms with Gasteiger partial charge < -0.3 is 9.84 Å². The van der Waals surface area contributed by atoms with E-state index < -0.39 is 6.04 Å². The van der Waals surface area contributed by atoms with Crippen LogP contribution < -0.4 is 5.32 Å². The molecule has 6 nitrogen and oxygen atoms in total. The number of halogens is 1. The summed E-state index contributed by atoms with van der Waals surface area (Å²) in [7, 11) is 0. The van der Waals surface area contributed by atoms with Crippen LogP contribution in [-0.2, 0) is 13.0 Å². The number of nitrogens with zero attached hydrogens (tertiary/aromatic N) is 3. The number of nitrogens with one attached hydrogen (secondary N) is 1. The number of aryl methyl sites for hydroxylation is 2. The second kappa shape index (κ2) is 9.99. The first kappa shape index (κ1) is 23.8. The van der Waals surface area contributed by atoms with E-state index >= 15 is 0 Å². The minimum atomic E-state index is -0.421. The Morgan fingerprint density at radius 2 is 1.75 bits per heavy atom. The van der Waals surface area contributed by atoms with Crippen LogP contribution in [-0.4, -0.2) is 21.1 Å². The monoisotopic (exact) mass is 498 g/mol. The summed E-state index contributed by atoms with van der Waals surface area (Å²) in [5, 5.41) is 8.04. The van der Waals surface area contributed by atoms with Crippen molar-refractivity contribution in [2.24, 2.45) is 0 Å². The molecule has 0 fully saturated rings. The Morgan fingerprint density at radius 3 is 2.44 bits per heavy atom. The van der Waals surface area contributed by atoms with E-state index in [0.717, 1.165) is 39.9 Å². The number of aromatic nitrogens is 2. The number of rotatable bonds is 6. The van der Waals surface area contributed by atoms with Gasteiger partial charge in [0.2, 0.25) is 5.82 Å². The van der Waals surface area contributed by atoms with Gasteiger partial charge in [0.1, 0.15) is 0 Å². The molecule has 0 radical (unpaired) electrons. The van der Waals surface area contributed by atoms with Crippen LogP contribution >= 0.6 is 11.6 Å². The summed E-state index contributed by atoms with van der Waals surface area (Å²) in [6, 6.07) is 23.1. The third kappa shape index (κ3) is 4.77. The van der Waals surface area contributed by atoms with E-state index in [9.17, 15) is 4.79 Å². The molecule has 4 aromatic rings. The van der Waals surface area contributed by atoms with E-state index in [1.807, 2.05) is 56.3 Å². The van der Waals surface area contributed by atoms with E-state index in [1.165, 1.54) is 5.56 Å². The quantitative estimate of drug-likeness (QED) is 0.312. The van der Waals surface area contributed by atoms with Crippen molar-refractivity contribution < 1.29 is 9.32 Å². The van der Waals surface area contributed by atoms with Crippen molar-refractivity contribution in [3.8, 4) is 11.4 Å². The summed E-state index contributed by atoms with van der Waals surface area (Å²) in [6.07, 6.45) is 0.942. The molecule has 36 heavy (non-hydrogen) atoms. The summed E-state index contributed by atoms with van der Waals surface area (Å²) in [4.78, 5) is 19.8. The molecule has 1 aromatic heterocycles. The van der Waals surface area contributed by atoms with Gasteiger partial charge in [-0.25, -0.2) is 4.79 Å². The van der Waals surface area contributed by atoms with Crippen molar-refractivity contribution in [1.29, 1.82) is 0 Å². The van der Waals surface area contributed by atoms with E-state index in [2.05, 4.69) is 35.6 Å². The fraction of sp³-hybridized carbons (Fsp3) is 0.207. The van der Waals surface area contributed by atoms with Crippen molar-refractivity contribution in [2.75, 3.05) is 0 Å². The largest absolute Gasteiger partial charge is 0.334 e. The van der Waals surface area contributed by atoms with Crippen LogP contribution in [0.1, 0.15) is 48.0 Å². The van der Waals surface area contributed by atoms with Gasteiger partial charge in [0.25, 0.3) is 5.89 Å². The smallest absolute Gasteiger partial charge is 0.322 e. The van der Waals surface area contributed by atoms with Crippen LogP contribution in [0.25, 0.3) is 17.0 Å². The van der Waals surface area contributed by atoms with E-state index in [-0.39, 0.29) is 6.03 Å². The fourth-order valence-electron chi connectivity index (χ4n) is 4.49. The molecule has 2 heterocycles. The first-order chi connectivity index (χ1) is 17.4. The molecular formula is C29H27ClN4O2. The molecule has 0 aliphatic carbocycles. The van der Waals surface area contributed by atoms with E-state index in [0.29, 0.717) is 23.3 Å². The average molecular weight is 499 g/mol. The maximum Gasteiger partial charge on any atom is 0.322 e. The number of hydrogen-bond acceptors (Lipinski definition) is 4. The highest BCUT2D eigenvalue weighted by molar-refractivity contribution is 6.30. The fourth-order valence-corrected chi connectivity index (χ4v) is 4.61. The lowest BCUT2D eigenvalue weighted by atomic mass is 9.93. The molecule has 1 atom stereocenters. The molecule has 0 spiro atoms. The average Bonchev–Trinajstić information content (AvgIpc) is 3.36. The molecular weight excluding hydrogens is 472 g/mol. The standard InChI is InChI=1S/C29H27ClN4O2/c1-4-20-8-10-22(11-9-20)26-25(28-32-27(33-36-28)23-12-14-24(30)15-13-23)19(3)34(29(35)31-26)17-21-7-5-6-18(2)16-21/h5-16,26H,4,17H2,1-3H3,(H,31,35). The van der Waals surface area contributed by atoms with Gasteiger partial charge >= 0.3 is 6.03 Å². The number of benzene rings is 3. The van der Waals surface area contributed by atoms with Crippen LogP contribution in [0.15, 0.2) is 83.0 Å². The first-order valence-electron chi connectivity index (χ1n) is 12.0. The normalized spacial score (nSPS) is 15.8. The molecule has 7 heteroatoms. The van der Waals surface area contributed by atoms with Gasteiger partial charge in [0.15, 0.2) is 0 Å². The molecule has 3 aromatic carbocycles. The predicted octanol–water partition coefficient (Wildman–Crippen LogP) is 6.96. The van der Waals surface area contributed by atoms with Crippen molar-refractivity contribution in [3.05, 3.63) is 112 Å². The second-order valence-corrected chi connectivity index (χ2v) is 9.42. The third-order valence-electron chi connectivity index (χ3n) is 6.50. The maximum absolute atomic E-state index is 13.3. The van der Waals surface area contributed by atoms with Crippen molar-refractivity contribution in [3.63, 3.8) is 0 Å². The van der Waals surface area contributed by atoms with Crippen LogP contribution in [0.5, 0.6) is 0 Å². The zero-order valence-electron chi connectivity index (χ0n) is 20.5. The summed E-state index contributed by atoms with van der Waals surface area (Å²) < 4.78 is 5.78. The highest BCUT2D eigenvalue weighted by Gasteiger charge is 2.35. The Balaban J connectivity index is 1.59. The SMILES string of the molecule is CCc1ccc(C2NC(=O)N(Cc3cccc(C)c3)C(C)=C2c2nc(-c3ccc(Cl)cc3)no2)cc1. The van der Waals surface area contributed by atoms with Crippen molar-refractivity contribution in [2.45, 2.75) is 39.8 Å². The molecule has 0 saturated heterocycles. The maximum atomic E-state index is 13.3. The molecule has 1 aliphatic rings. The number of carbonyl (C=O) groups is 1. The van der Waals surface area contributed by atoms with Gasteiger partial charge in [-0.2, -0.15) is 4.98 Å². The topological polar surface area (TPSA) is 71.3 Å². The number of urea groups is 1. The minimum Gasteiger partial charge on any atom is -0.334 e. The number of allylic oxidation sites excluding steroid dienone is 1. The number of carbonyl (C=O) groups excluding carboxylic acids is 1. The molecule has 2 amide bonds. The molecule has 182 valence electrons. The van der Waals surface area contributed by atoms with Gasteiger partial charge in [-0.1, -0.05) is 77.8 Å². The lowest BCUT2D eigenvalue weighted by Crippen LogP contribution is -2.45. The predicted molar refractivity (Wildman–Crippen MR) is 141 cm³/mol. The molecule has 1 N–H and O–H groups in total. The highest BCUT2D eigenvalue weighted by Crippen LogP contribution is 2.38. The van der Waals surface area contributed by atoms with Crippen LogP contribution in [0.3, 0.4) is 0 Å². The van der Waals surface area contributed by atoms with E-state index in [1.54, 1.807) is 17.0 Å². The zero-order valence-corrected chi connectivity index (χ0v) is 21.2. The summed E-state index contributed by atoms with van der Waals surface area (Å²) in [6.45, 7) is 6.53. The van der Waals surface area contributed by atoms with Gasteiger partial charge in [-0.15, -0.1) is 0 Å². The van der Waals surface area contributed by atoms with Gasteiger partial charge in [-0.05, 0) is 61.2 Å². The Kier molecular flexibility index (Phi) is 6.61. The molecule has 0 bridgehead atoms. The molecule has 0 saturated carbocycles. The Bertz CT molecular complexity index is 1420. The van der Waals surface area contributed by atoms with Crippen LogP contribution in [0.4, 0.5) is 4.79 Å². The minimum absolute atomic E-state index is 0.167. The summed E-state index contributed by atoms with van der Waals surface area (Å²) >= 11 is 6.04. The van der Waals surface area contributed by atoms with Crippen LogP contribution in [0, 0.1) is 6.92 Å². The second-order valence-electron chi connectivity index (χ2n) is 8.98. The highest BCUT2D eigenvalue weighted by atomic mass is 35.5. The first-order valence-corrected chi connectivity index (χ1v) is 12.3. The third-order valence-corrected chi connectivity index (χ3v) is 6.75. The van der Waals surface area contributed by atoms with Crippen LogP contribution in [0.2, 0.25) is 5.02 Å². The zero-order chi connectivity index (χ0) is 25.2. The van der Waals surface area contributed by atoms with E-state index in [4.69, 9.17) is 21.1 Å². The summed E-state index contributed by atoms with van der Waals surface area (Å²) in [5.74, 6) is 0.834. The Hall–Kier alpha value is -3.90. The summed E-state index contributed by atoms with van der Waals surface area (Å²) in [5.41, 5.74) is 6.72.